The molecule has 1 saturated carbocycles. The largest absolute Gasteiger partial charge is 0.388 e. The minimum atomic E-state index is -0.966. The summed E-state index contributed by atoms with van der Waals surface area (Å²) < 4.78 is 6.69. The average molecular weight is 315 g/mol. The molecule has 118 valence electrons. The van der Waals surface area contributed by atoms with E-state index in [1.807, 2.05) is 0 Å². The van der Waals surface area contributed by atoms with E-state index >= 15 is 0 Å². The van der Waals surface area contributed by atoms with Crippen LogP contribution in [0.4, 0.5) is 0 Å². The lowest BCUT2D eigenvalue weighted by molar-refractivity contribution is -0.119. The van der Waals surface area contributed by atoms with Gasteiger partial charge in [-0.2, -0.15) is 0 Å². The fraction of sp³-hybridized carbons (Fsp3) is 0.833. The first-order chi connectivity index (χ1) is 10.0. The third kappa shape index (κ3) is 5.25. The summed E-state index contributed by atoms with van der Waals surface area (Å²) in [5, 5.41) is 24.9. The van der Waals surface area contributed by atoms with Crippen molar-refractivity contribution in [2.75, 3.05) is 26.0 Å². The Labute approximate surface area is 127 Å². The molecule has 0 bridgehead atoms. The zero-order valence-electron chi connectivity index (χ0n) is 12.3. The Morgan fingerprint density at radius 2 is 2.38 bits per heavy atom. The van der Waals surface area contributed by atoms with Gasteiger partial charge in [-0.1, -0.05) is 11.8 Å². The molecule has 1 atom stereocenters. The zero-order valence-corrected chi connectivity index (χ0v) is 13.1. The van der Waals surface area contributed by atoms with Crippen LogP contribution in [0.3, 0.4) is 0 Å². The first-order valence-electron chi connectivity index (χ1n) is 6.90. The maximum absolute atomic E-state index is 11.8. The summed E-state index contributed by atoms with van der Waals surface area (Å²) >= 11 is 1.31. The van der Waals surface area contributed by atoms with Crippen molar-refractivity contribution in [3.63, 3.8) is 0 Å². The summed E-state index contributed by atoms with van der Waals surface area (Å²) in [6.07, 6.45) is 2.65. The zero-order chi connectivity index (χ0) is 15.3. The molecule has 1 fully saturated rings. The standard InChI is InChI=1S/C12H21N5O3S/c1-12(19,5-6-20-2)8-13-10(18)7-21-11-14-15-16-17(11)9-3-4-9/h9,19H,3-8H2,1-2H3,(H,13,18). The molecule has 1 aliphatic rings. The van der Waals surface area contributed by atoms with Crippen molar-refractivity contribution < 1.29 is 14.6 Å². The van der Waals surface area contributed by atoms with Crippen LogP contribution in [-0.4, -0.2) is 62.8 Å². The minimum Gasteiger partial charge on any atom is -0.388 e. The summed E-state index contributed by atoms with van der Waals surface area (Å²) in [6.45, 7) is 2.32. The molecule has 9 heteroatoms. The first-order valence-corrected chi connectivity index (χ1v) is 7.89. The Bertz CT molecular complexity index is 475. The number of amides is 1. The molecule has 0 aliphatic heterocycles. The maximum Gasteiger partial charge on any atom is 0.230 e. The van der Waals surface area contributed by atoms with Crippen LogP contribution in [0.1, 0.15) is 32.2 Å². The van der Waals surface area contributed by atoms with Crippen LogP contribution in [-0.2, 0) is 9.53 Å². The van der Waals surface area contributed by atoms with Gasteiger partial charge >= 0.3 is 0 Å². The highest BCUT2D eigenvalue weighted by atomic mass is 32.2. The summed E-state index contributed by atoms with van der Waals surface area (Å²) in [4.78, 5) is 11.8. The average Bonchev–Trinajstić information content (AvgIpc) is 3.19. The fourth-order valence-electron chi connectivity index (χ4n) is 1.71. The summed E-state index contributed by atoms with van der Waals surface area (Å²) in [7, 11) is 1.58. The van der Waals surface area contributed by atoms with Gasteiger partial charge in [0.15, 0.2) is 0 Å². The van der Waals surface area contributed by atoms with Crippen molar-refractivity contribution in [3.05, 3.63) is 0 Å². The van der Waals surface area contributed by atoms with Gasteiger partial charge in [-0.25, -0.2) is 4.68 Å². The number of ether oxygens (including phenoxy) is 1. The lowest BCUT2D eigenvalue weighted by Crippen LogP contribution is -2.42. The maximum atomic E-state index is 11.8. The van der Waals surface area contributed by atoms with E-state index in [0.29, 0.717) is 24.2 Å². The van der Waals surface area contributed by atoms with Crippen LogP contribution in [0.5, 0.6) is 0 Å². The topological polar surface area (TPSA) is 102 Å². The molecular formula is C12H21N5O3S. The number of thioether (sulfide) groups is 1. The number of nitrogens with zero attached hydrogens (tertiary/aromatic N) is 4. The molecule has 1 amide bonds. The molecule has 1 aromatic rings. The molecule has 8 nitrogen and oxygen atoms in total. The number of hydrogen-bond donors (Lipinski definition) is 2. The van der Waals surface area contributed by atoms with Crippen molar-refractivity contribution in [2.24, 2.45) is 0 Å². The molecule has 2 rings (SSSR count). The highest BCUT2D eigenvalue weighted by Gasteiger charge is 2.28. The van der Waals surface area contributed by atoms with E-state index in [9.17, 15) is 9.90 Å². The van der Waals surface area contributed by atoms with E-state index in [0.717, 1.165) is 12.8 Å². The van der Waals surface area contributed by atoms with E-state index < -0.39 is 5.60 Å². The van der Waals surface area contributed by atoms with Crippen LogP contribution in [0.15, 0.2) is 5.16 Å². The predicted octanol–water partition coefficient (Wildman–Crippen LogP) is 0.00380. The van der Waals surface area contributed by atoms with Gasteiger partial charge in [-0.05, 0) is 30.2 Å². The number of methoxy groups -OCH3 is 1. The summed E-state index contributed by atoms with van der Waals surface area (Å²) in [5.41, 5.74) is -0.966. The van der Waals surface area contributed by atoms with E-state index in [2.05, 4.69) is 20.8 Å². The molecule has 1 heterocycles. The van der Waals surface area contributed by atoms with Crippen molar-refractivity contribution >= 4 is 17.7 Å². The normalized spacial score (nSPS) is 17.5. The van der Waals surface area contributed by atoms with Gasteiger partial charge in [0.05, 0.1) is 17.4 Å². The van der Waals surface area contributed by atoms with Crippen LogP contribution in [0.2, 0.25) is 0 Å². The number of aliphatic hydroxyl groups is 1. The predicted molar refractivity (Wildman–Crippen MR) is 76.9 cm³/mol. The Morgan fingerprint density at radius 1 is 1.62 bits per heavy atom. The van der Waals surface area contributed by atoms with Crippen LogP contribution < -0.4 is 5.32 Å². The Morgan fingerprint density at radius 3 is 3.05 bits per heavy atom. The molecular weight excluding hydrogens is 294 g/mol. The van der Waals surface area contributed by atoms with E-state index in [4.69, 9.17) is 4.74 Å². The number of carbonyl (C=O) groups excluding carboxylic acids is 1. The van der Waals surface area contributed by atoms with Crippen LogP contribution in [0.25, 0.3) is 0 Å². The molecule has 1 unspecified atom stereocenters. The summed E-state index contributed by atoms with van der Waals surface area (Å²) in [5.74, 6) is 0.0797. The molecule has 0 radical (unpaired) electrons. The number of aromatic nitrogens is 4. The van der Waals surface area contributed by atoms with Crippen molar-refractivity contribution in [3.8, 4) is 0 Å². The highest BCUT2D eigenvalue weighted by Crippen LogP contribution is 2.36. The highest BCUT2D eigenvalue weighted by molar-refractivity contribution is 7.99. The van der Waals surface area contributed by atoms with Gasteiger partial charge < -0.3 is 15.2 Å². The van der Waals surface area contributed by atoms with Gasteiger partial charge in [0, 0.05) is 26.7 Å². The number of nitrogens with one attached hydrogen (secondary N) is 1. The van der Waals surface area contributed by atoms with E-state index in [1.165, 1.54) is 11.8 Å². The summed E-state index contributed by atoms with van der Waals surface area (Å²) in [6, 6.07) is 0.389. The molecule has 2 N–H and O–H groups in total. The second-order valence-corrected chi connectivity index (χ2v) is 6.38. The van der Waals surface area contributed by atoms with Gasteiger partial charge in [0.25, 0.3) is 0 Å². The Balaban J connectivity index is 1.71. The second-order valence-electron chi connectivity index (χ2n) is 5.44. The number of hydrogen-bond acceptors (Lipinski definition) is 7. The SMILES string of the molecule is COCCC(C)(O)CNC(=O)CSc1nnnn1C1CC1. The molecule has 0 spiro atoms. The van der Waals surface area contributed by atoms with Gasteiger partial charge in [-0.3, -0.25) is 4.79 Å². The quantitative estimate of drug-likeness (QED) is 0.619. The fourth-order valence-corrected chi connectivity index (χ4v) is 2.48. The Kier molecular flexibility index (Phi) is 5.54. The Hall–Kier alpha value is -1.19. The smallest absolute Gasteiger partial charge is 0.230 e. The number of tetrazole rings is 1. The van der Waals surface area contributed by atoms with Crippen LogP contribution in [0, 0.1) is 0 Å². The molecule has 0 saturated heterocycles. The van der Waals surface area contributed by atoms with Crippen molar-refractivity contribution in [1.29, 1.82) is 0 Å². The van der Waals surface area contributed by atoms with E-state index in [-0.39, 0.29) is 18.2 Å². The molecule has 21 heavy (non-hydrogen) atoms. The lowest BCUT2D eigenvalue weighted by Gasteiger charge is -2.23. The molecule has 1 aliphatic carbocycles. The van der Waals surface area contributed by atoms with Crippen molar-refractivity contribution in [1.82, 2.24) is 25.5 Å². The second kappa shape index (κ2) is 7.19. The van der Waals surface area contributed by atoms with Gasteiger partial charge in [0.1, 0.15) is 0 Å². The van der Waals surface area contributed by atoms with Crippen LogP contribution >= 0.6 is 11.8 Å². The van der Waals surface area contributed by atoms with E-state index in [1.54, 1.807) is 18.7 Å². The number of rotatable bonds is 9. The molecule has 0 aromatic carbocycles. The monoisotopic (exact) mass is 315 g/mol. The third-order valence-corrected chi connectivity index (χ3v) is 4.13. The number of carbonyl (C=O) groups is 1. The third-order valence-electron chi connectivity index (χ3n) is 3.20. The first kappa shape index (κ1) is 16.2. The lowest BCUT2D eigenvalue weighted by atomic mass is 10.0. The van der Waals surface area contributed by atoms with Gasteiger partial charge in [0.2, 0.25) is 11.1 Å². The van der Waals surface area contributed by atoms with Crippen molar-refractivity contribution in [2.45, 2.75) is 43.0 Å². The minimum absolute atomic E-state index is 0.150. The van der Waals surface area contributed by atoms with Gasteiger partial charge in [-0.15, -0.1) is 5.10 Å². The molecule has 1 aromatic heterocycles.